The molecule has 44 heavy (non-hydrogen) atoms. The fourth-order valence-electron chi connectivity index (χ4n) is 4.50. The number of nitrogens with zero attached hydrogens (tertiary/aromatic N) is 1. The van der Waals surface area contributed by atoms with E-state index in [9.17, 15) is 24.0 Å². The number of nitrogens with two attached hydrogens (primary N) is 1. The Kier molecular flexibility index (Phi) is 12.5. The van der Waals surface area contributed by atoms with Gasteiger partial charge in [0.1, 0.15) is 29.3 Å². The highest BCUT2D eigenvalue weighted by molar-refractivity contribution is 5.95. The number of carbonyl (C=O) groups excluding carboxylic acids is 5. The summed E-state index contributed by atoms with van der Waals surface area (Å²) >= 11 is 0. The van der Waals surface area contributed by atoms with Crippen molar-refractivity contribution in [3.05, 3.63) is 71.3 Å². The summed E-state index contributed by atoms with van der Waals surface area (Å²) in [6, 6.07) is 12.5. The summed E-state index contributed by atoms with van der Waals surface area (Å²) in [5.74, 6) is -2.84. The molecule has 0 heterocycles. The first-order valence-electron chi connectivity index (χ1n) is 14.6. The molecule has 240 valence electrons. The number of hydrogen-bond donors (Lipinski definition) is 3. The molecule has 0 fully saturated rings. The molecule has 0 aromatic heterocycles. The Hall–Kier alpha value is -4.41. The first-order chi connectivity index (χ1) is 20.4. The Labute approximate surface area is 259 Å². The molecule has 11 nitrogen and oxygen atoms in total. The molecular formula is C33H46N4O7. The van der Waals surface area contributed by atoms with Crippen LogP contribution in [-0.2, 0) is 35.1 Å². The minimum Gasteiger partial charge on any atom is -0.458 e. The first kappa shape index (κ1) is 35.8. The molecule has 11 heteroatoms. The van der Waals surface area contributed by atoms with E-state index in [-0.39, 0.29) is 13.0 Å². The van der Waals surface area contributed by atoms with Crippen LogP contribution < -0.4 is 16.4 Å². The molecule has 0 bridgehead atoms. The minimum atomic E-state index is -1.41. The number of esters is 1. The second-order valence-corrected chi connectivity index (χ2v) is 12.6. The molecule has 2 aromatic carbocycles. The Morgan fingerprint density at radius 1 is 0.841 bits per heavy atom. The zero-order chi connectivity index (χ0) is 33.2. The van der Waals surface area contributed by atoms with Crippen LogP contribution >= 0.6 is 0 Å². The molecule has 4 N–H and O–H groups in total. The van der Waals surface area contributed by atoms with Crippen molar-refractivity contribution in [2.75, 3.05) is 6.54 Å². The van der Waals surface area contributed by atoms with E-state index in [0.29, 0.717) is 5.56 Å². The summed E-state index contributed by atoms with van der Waals surface area (Å²) in [7, 11) is 0. The zero-order valence-electron chi connectivity index (χ0n) is 26.9. The van der Waals surface area contributed by atoms with E-state index in [1.165, 1.54) is 4.90 Å². The van der Waals surface area contributed by atoms with Gasteiger partial charge in [0, 0.05) is 13.0 Å². The second kappa shape index (κ2) is 15.4. The number of nitrogens with one attached hydrogen (secondary N) is 2. The topological polar surface area (TPSA) is 157 Å². The number of ether oxygens (including phenoxy) is 2. The van der Waals surface area contributed by atoms with Crippen molar-refractivity contribution in [1.82, 2.24) is 15.5 Å². The van der Waals surface area contributed by atoms with Crippen LogP contribution in [-0.4, -0.2) is 64.5 Å². The highest BCUT2D eigenvalue weighted by Crippen LogP contribution is 2.25. The Balaban J connectivity index is 2.53. The molecule has 3 unspecified atom stereocenters. The van der Waals surface area contributed by atoms with E-state index in [4.69, 9.17) is 15.2 Å². The van der Waals surface area contributed by atoms with Crippen LogP contribution in [0.1, 0.15) is 77.6 Å². The quantitative estimate of drug-likeness (QED) is 0.309. The van der Waals surface area contributed by atoms with Gasteiger partial charge in [-0.05, 0) is 66.5 Å². The lowest BCUT2D eigenvalue weighted by Crippen LogP contribution is -2.55. The number of rotatable bonds is 12. The van der Waals surface area contributed by atoms with Crippen LogP contribution in [0.2, 0.25) is 0 Å². The van der Waals surface area contributed by atoms with Gasteiger partial charge in [0.05, 0.1) is 6.42 Å². The van der Waals surface area contributed by atoms with Gasteiger partial charge in [0.25, 0.3) is 0 Å². The van der Waals surface area contributed by atoms with Crippen molar-refractivity contribution in [2.45, 2.75) is 97.6 Å². The van der Waals surface area contributed by atoms with Crippen molar-refractivity contribution in [1.29, 1.82) is 0 Å². The maximum Gasteiger partial charge on any atom is 0.408 e. The van der Waals surface area contributed by atoms with Gasteiger partial charge < -0.3 is 30.7 Å². The highest BCUT2D eigenvalue weighted by Gasteiger charge is 2.38. The Morgan fingerprint density at radius 3 is 1.98 bits per heavy atom. The number of hydrogen-bond acceptors (Lipinski definition) is 7. The number of primary amides is 1. The lowest BCUT2D eigenvalue weighted by Gasteiger charge is -2.34. The van der Waals surface area contributed by atoms with Gasteiger partial charge in [-0.3, -0.25) is 14.4 Å². The fourth-order valence-corrected chi connectivity index (χ4v) is 4.50. The van der Waals surface area contributed by atoms with E-state index in [0.717, 1.165) is 11.1 Å². The fraction of sp³-hybridized carbons (Fsp3) is 0.485. The van der Waals surface area contributed by atoms with Crippen molar-refractivity contribution < 1.29 is 33.4 Å². The summed E-state index contributed by atoms with van der Waals surface area (Å²) < 4.78 is 10.9. The molecule has 0 saturated carbocycles. The van der Waals surface area contributed by atoms with Gasteiger partial charge in [-0.25, -0.2) is 9.59 Å². The molecule has 0 saturated heterocycles. The van der Waals surface area contributed by atoms with Gasteiger partial charge in [-0.2, -0.15) is 0 Å². The van der Waals surface area contributed by atoms with Gasteiger partial charge >= 0.3 is 12.1 Å². The van der Waals surface area contributed by atoms with Gasteiger partial charge in [-0.1, -0.05) is 60.2 Å². The second-order valence-electron chi connectivity index (χ2n) is 12.6. The Bertz CT molecular complexity index is 1320. The van der Waals surface area contributed by atoms with Crippen molar-refractivity contribution >= 4 is 29.8 Å². The normalized spacial score (nSPS) is 13.5. The summed E-state index contributed by atoms with van der Waals surface area (Å²) in [4.78, 5) is 67.3. The summed E-state index contributed by atoms with van der Waals surface area (Å²) in [5.41, 5.74) is 5.85. The molecule has 0 aliphatic carbocycles. The maximum atomic E-state index is 14.2. The molecule has 0 radical (unpaired) electrons. The van der Waals surface area contributed by atoms with E-state index in [2.05, 4.69) is 10.6 Å². The number of benzene rings is 2. The number of carbonyl (C=O) groups is 5. The standard InChI is InChI=1S/C33H46N4O7/c1-9-37(29(40)24(20-26(34)38)36-31(42)44-33(6,7)8)27(23-17-13-14-21(2)18-23)28(39)35-25(30(41)43-32(3,4)5)19-22-15-11-10-12-16-22/h10-18,24-25,27H,9,19-20H2,1-8H3,(H2,34,38)(H,35,39)(H,36,42). The first-order valence-corrected chi connectivity index (χ1v) is 14.6. The average Bonchev–Trinajstić information content (AvgIpc) is 2.88. The SMILES string of the molecule is CCN(C(=O)C(CC(N)=O)NC(=O)OC(C)(C)C)C(C(=O)NC(Cc1ccccc1)C(=O)OC(C)(C)C)c1cccc(C)c1. The molecule has 4 amide bonds. The largest absolute Gasteiger partial charge is 0.458 e. The average molecular weight is 611 g/mol. The van der Waals surface area contributed by atoms with Crippen LogP contribution in [0.15, 0.2) is 54.6 Å². The van der Waals surface area contributed by atoms with Gasteiger partial charge in [0.15, 0.2) is 0 Å². The van der Waals surface area contributed by atoms with E-state index in [1.807, 2.05) is 43.3 Å². The third-order valence-corrected chi connectivity index (χ3v) is 6.23. The van der Waals surface area contributed by atoms with Crippen LogP contribution in [0.3, 0.4) is 0 Å². The summed E-state index contributed by atoms with van der Waals surface area (Å²) in [5, 5.41) is 5.25. The number of likely N-dealkylation sites (N-methyl/N-ethyl adjacent to an activating group) is 1. The van der Waals surface area contributed by atoms with Crippen LogP contribution in [0, 0.1) is 6.92 Å². The third kappa shape index (κ3) is 11.7. The highest BCUT2D eigenvalue weighted by atomic mass is 16.6. The van der Waals surface area contributed by atoms with Crippen molar-refractivity contribution in [3.8, 4) is 0 Å². The Morgan fingerprint density at radius 2 is 1.45 bits per heavy atom. The molecule has 0 aliphatic rings. The third-order valence-electron chi connectivity index (χ3n) is 6.23. The predicted molar refractivity (Wildman–Crippen MR) is 166 cm³/mol. The molecule has 0 spiro atoms. The van der Waals surface area contributed by atoms with Crippen LogP contribution in [0.4, 0.5) is 4.79 Å². The minimum absolute atomic E-state index is 0.0198. The molecule has 2 aromatic rings. The summed E-state index contributed by atoms with van der Waals surface area (Å²) in [6.07, 6.45) is -1.30. The molecule has 3 atom stereocenters. The van der Waals surface area contributed by atoms with Crippen LogP contribution in [0.5, 0.6) is 0 Å². The summed E-state index contributed by atoms with van der Waals surface area (Å²) in [6.45, 7) is 13.7. The smallest absolute Gasteiger partial charge is 0.408 e. The van der Waals surface area contributed by atoms with Gasteiger partial charge in [-0.15, -0.1) is 0 Å². The van der Waals surface area contributed by atoms with E-state index < -0.39 is 65.5 Å². The number of alkyl carbamates (subject to hydrolysis) is 1. The van der Waals surface area contributed by atoms with Gasteiger partial charge in [0.2, 0.25) is 17.7 Å². The number of amides is 4. The predicted octanol–water partition coefficient (Wildman–Crippen LogP) is 3.72. The molecule has 2 rings (SSSR count). The van der Waals surface area contributed by atoms with Crippen molar-refractivity contribution in [3.63, 3.8) is 0 Å². The lowest BCUT2D eigenvalue weighted by molar-refractivity contribution is -0.159. The van der Waals surface area contributed by atoms with E-state index in [1.54, 1.807) is 66.7 Å². The maximum absolute atomic E-state index is 14.2. The number of aryl methyl sites for hydroxylation is 1. The van der Waals surface area contributed by atoms with Crippen LogP contribution in [0.25, 0.3) is 0 Å². The van der Waals surface area contributed by atoms with E-state index >= 15 is 0 Å². The molecular weight excluding hydrogens is 564 g/mol. The zero-order valence-corrected chi connectivity index (χ0v) is 26.9. The monoisotopic (exact) mass is 610 g/mol. The lowest BCUT2D eigenvalue weighted by atomic mass is 9.99. The van der Waals surface area contributed by atoms with Crippen molar-refractivity contribution in [2.24, 2.45) is 5.73 Å². The molecule has 0 aliphatic heterocycles.